The summed E-state index contributed by atoms with van der Waals surface area (Å²) in [6.45, 7) is 4.64. The van der Waals surface area contributed by atoms with Crippen LogP contribution in [0, 0.1) is 0 Å². The van der Waals surface area contributed by atoms with Crippen LogP contribution >= 0.6 is 0 Å². The zero-order valence-corrected chi connectivity index (χ0v) is 9.76. The number of hydrogen-bond acceptors (Lipinski definition) is 4. The molecule has 6 heteroatoms. The van der Waals surface area contributed by atoms with Gasteiger partial charge in [-0.1, -0.05) is 0 Å². The lowest BCUT2D eigenvalue weighted by molar-refractivity contribution is 0.0911. The highest BCUT2D eigenvalue weighted by Crippen LogP contribution is 1.90. The maximum absolute atomic E-state index is 11.2. The lowest BCUT2D eigenvalue weighted by atomic mass is 10.5. The Morgan fingerprint density at radius 3 is 2.43 bits per heavy atom. The zero-order chi connectivity index (χ0) is 11.0. The zero-order valence-electron chi connectivity index (χ0n) is 8.95. The van der Waals surface area contributed by atoms with E-state index in [0.717, 1.165) is 0 Å². The number of nitrogens with one attached hydrogen (secondary N) is 1. The molecule has 0 rings (SSSR count). The van der Waals surface area contributed by atoms with Crippen molar-refractivity contribution < 1.29 is 17.9 Å². The number of hydrogen-bond donors (Lipinski definition) is 1. The van der Waals surface area contributed by atoms with E-state index in [1.807, 2.05) is 13.8 Å². The molecule has 0 radical (unpaired) electrons. The highest BCUT2D eigenvalue weighted by Gasteiger charge is 2.09. The van der Waals surface area contributed by atoms with Crippen molar-refractivity contribution >= 4 is 10.0 Å². The third kappa shape index (κ3) is 8.43. The van der Waals surface area contributed by atoms with Crippen molar-refractivity contribution in [2.24, 2.45) is 0 Å². The predicted octanol–water partition coefficient (Wildman–Crippen LogP) is -0.0228. The molecule has 0 unspecified atom stereocenters. The summed E-state index contributed by atoms with van der Waals surface area (Å²) in [5.41, 5.74) is 0. The standard InChI is InChI=1S/C8H19NO4S/c1-8(2)13-6-7-14(10,11)9-4-5-12-3/h8-9H,4-7H2,1-3H3. The van der Waals surface area contributed by atoms with E-state index in [1.54, 1.807) is 0 Å². The summed E-state index contributed by atoms with van der Waals surface area (Å²) in [6, 6.07) is 0. The van der Waals surface area contributed by atoms with Crippen molar-refractivity contribution in [1.82, 2.24) is 4.72 Å². The van der Waals surface area contributed by atoms with E-state index in [0.29, 0.717) is 13.2 Å². The second-order valence-electron chi connectivity index (χ2n) is 3.13. The van der Waals surface area contributed by atoms with Gasteiger partial charge in [-0.15, -0.1) is 0 Å². The van der Waals surface area contributed by atoms with Gasteiger partial charge < -0.3 is 9.47 Å². The van der Waals surface area contributed by atoms with Gasteiger partial charge in [-0.25, -0.2) is 13.1 Å². The number of ether oxygens (including phenoxy) is 2. The fourth-order valence-corrected chi connectivity index (χ4v) is 1.62. The first kappa shape index (κ1) is 13.8. The van der Waals surface area contributed by atoms with Gasteiger partial charge >= 0.3 is 0 Å². The molecule has 0 fully saturated rings. The summed E-state index contributed by atoms with van der Waals surface area (Å²) in [5, 5.41) is 0. The SMILES string of the molecule is COCCNS(=O)(=O)CCOC(C)C. The highest BCUT2D eigenvalue weighted by molar-refractivity contribution is 7.89. The van der Waals surface area contributed by atoms with Crippen molar-refractivity contribution in [2.75, 3.05) is 32.6 Å². The van der Waals surface area contributed by atoms with Gasteiger partial charge in [0.1, 0.15) is 0 Å². The average Bonchev–Trinajstić information content (AvgIpc) is 2.03. The summed E-state index contributed by atoms with van der Waals surface area (Å²) in [5.74, 6) is -0.00507. The van der Waals surface area contributed by atoms with Gasteiger partial charge in [-0.3, -0.25) is 0 Å². The third-order valence-corrected chi connectivity index (χ3v) is 2.78. The smallest absolute Gasteiger partial charge is 0.213 e. The van der Waals surface area contributed by atoms with E-state index in [4.69, 9.17) is 9.47 Å². The minimum Gasteiger partial charge on any atom is -0.383 e. The Kier molecular flexibility index (Phi) is 7.08. The normalized spacial score (nSPS) is 12.3. The van der Waals surface area contributed by atoms with Crippen molar-refractivity contribution in [3.05, 3.63) is 0 Å². The lowest BCUT2D eigenvalue weighted by Crippen LogP contribution is -2.31. The van der Waals surface area contributed by atoms with Gasteiger partial charge in [0, 0.05) is 13.7 Å². The maximum Gasteiger partial charge on any atom is 0.213 e. The highest BCUT2D eigenvalue weighted by atomic mass is 32.2. The molecular weight excluding hydrogens is 206 g/mol. The molecule has 0 aliphatic carbocycles. The first-order valence-corrected chi connectivity index (χ1v) is 6.21. The molecule has 0 saturated heterocycles. The molecule has 0 aliphatic rings. The molecule has 0 aliphatic heterocycles. The second-order valence-corrected chi connectivity index (χ2v) is 5.05. The molecule has 14 heavy (non-hydrogen) atoms. The van der Waals surface area contributed by atoms with Crippen LogP contribution in [0.4, 0.5) is 0 Å². The summed E-state index contributed by atoms with van der Waals surface area (Å²) in [6.07, 6.45) is 0.0594. The molecule has 0 aromatic carbocycles. The molecule has 0 amide bonds. The van der Waals surface area contributed by atoms with E-state index in [2.05, 4.69) is 4.72 Å². The monoisotopic (exact) mass is 225 g/mol. The summed E-state index contributed by atoms with van der Waals surface area (Å²) in [7, 11) is -1.68. The van der Waals surface area contributed by atoms with Crippen molar-refractivity contribution in [1.29, 1.82) is 0 Å². The van der Waals surface area contributed by atoms with Crippen LogP contribution < -0.4 is 4.72 Å². The van der Waals surface area contributed by atoms with Crippen LogP contribution in [0.25, 0.3) is 0 Å². The van der Waals surface area contributed by atoms with Crippen molar-refractivity contribution in [3.8, 4) is 0 Å². The Hall–Kier alpha value is -0.170. The van der Waals surface area contributed by atoms with Crippen LogP contribution in [-0.4, -0.2) is 47.1 Å². The van der Waals surface area contributed by atoms with Crippen molar-refractivity contribution in [2.45, 2.75) is 20.0 Å². The van der Waals surface area contributed by atoms with E-state index in [9.17, 15) is 8.42 Å². The van der Waals surface area contributed by atoms with E-state index in [-0.39, 0.29) is 18.5 Å². The number of sulfonamides is 1. The van der Waals surface area contributed by atoms with Crippen LogP contribution in [0.15, 0.2) is 0 Å². The van der Waals surface area contributed by atoms with E-state index < -0.39 is 10.0 Å². The predicted molar refractivity (Wildman–Crippen MR) is 54.8 cm³/mol. The third-order valence-electron chi connectivity index (χ3n) is 1.43. The van der Waals surface area contributed by atoms with Crippen LogP contribution in [0.2, 0.25) is 0 Å². The summed E-state index contributed by atoms with van der Waals surface area (Å²) < 4.78 is 34.7. The Morgan fingerprint density at radius 2 is 1.93 bits per heavy atom. The van der Waals surface area contributed by atoms with Gasteiger partial charge in [-0.2, -0.15) is 0 Å². The quantitative estimate of drug-likeness (QED) is 0.590. The van der Waals surface area contributed by atoms with Crippen LogP contribution in [0.3, 0.4) is 0 Å². The molecule has 0 bridgehead atoms. The second kappa shape index (κ2) is 7.17. The van der Waals surface area contributed by atoms with Gasteiger partial charge in [-0.05, 0) is 13.8 Å². The molecule has 86 valence electrons. The van der Waals surface area contributed by atoms with E-state index in [1.165, 1.54) is 7.11 Å². The van der Waals surface area contributed by atoms with Gasteiger partial charge in [0.2, 0.25) is 10.0 Å². The van der Waals surface area contributed by atoms with E-state index >= 15 is 0 Å². The Bertz CT molecular complexity index is 225. The van der Waals surface area contributed by atoms with Gasteiger partial charge in [0.25, 0.3) is 0 Å². The largest absolute Gasteiger partial charge is 0.383 e. The molecule has 0 aromatic heterocycles. The maximum atomic E-state index is 11.2. The molecule has 0 saturated carbocycles. The first-order valence-electron chi connectivity index (χ1n) is 4.56. The van der Waals surface area contributed by atoms with Crippen LogP contribution in [-0.2, 0) is 19.5 Å². The Balaban J connectivity index is 3.62. The summed E-state index contributed by atoms with van der Waals surface area (Å²) in [4.78, 5) is 0. The minimum absolute atomic E-state index is 0.00507. The molecule has 0 heterocycles. The molecule has 1 N–H and O–H groups in total. The van der Waals surface area contributed by atoms with Crippen LogP contribution in [0.1, 0.15) is 13.8 Å². The Labute approximate surface area is 85.8 Å². The van der Waals surface area contributed by atoms with Crippen LogP contribution in [0.5, 0.6) is 0 Å². The molecule has 0 aromatic rings. The molecule has 0 spiro atoms. The molecule has 0 atom stereocenters. The fourth-order valence-electron chi connectivity index (χ4n) is 0.765. The first-order chi connectivity index (χ1) is 6.48. The minimum atomic E-state index is -3.20. The average molecular weight is 225 g/mol. The molecule has 5 nitrogen and oxygen atoms in total. The topological polar surface area (TPSA) is 64.6 Å². The Morgan fingerprint density at radius 1 is 1.29 bits per heavy atom. The summed E-state index contributed by atoms with van der Waals surface area (Å²) >= 11 is 0. The number of methoxy groups -OCH3 is 1. The van der Waals surface area contributed by atoms with Crippen molar-refractivity contribution in [3.63, 3.8) is 0 Å². The van der Waals surface area contributed by atoms with Gasteiger partial charge in [0.15, 0.2) is 0 Å². The lowest BCUT2D eigenvalue weighted by Gasteiger charge is -2.08. The number of rotatable bonds is 8. The fraction of sp³-hybridized carbons (Fsp3) is 1.00. The van der Waals surface area contributed by atoms with Gasteiger partial charge in [0.05, 0.1) is 25.1 Å². The molecular formula is C8H19NO4S.